The molecule has 3 aromatic rings. The van der Waals surface area contributed by atoms with Crippen LogP contribution in [-0.4, -0.2) is 11.2 Å². The van der Waals surface area contributed by atoms with Gasteiger partial charge in [0, 0.05) is 11.3 Å². The van der Waals surface area contributed by atoms with E-state index >= 15 is 0 Å². The summed E-state index contributed by atoms with van der Waals surface area (Å²) < 4.78 is 10.8. The van der Waals surface area contributed by atoms with Gasteiger partial charge in [-0.2, -0.15) is 0 Å². The predicted octanol–water partition coefficient (Wildman–Crippen LogP) is 4.54. The van der Waals surface area contributed by atoms with Gasteiger partial charge in [-0.1, -0.05) is 35.5 Å². The van der Waals surface area contributed by atoms with Crippen LogP contribution in [0.1, 0.15) is 24.3 Å². The second-order valence-electron chi connectivity index (χ2n) is 5.68. The monoisotopic (exact) mass is 337 g/mol. The molecule has 0 bridgehead atoms. The van der Waals surface area contributed by atoms with Crippen LogP contribution in [-0.2, 0) is 4.74 Å². The third-order valence-corrected chi connectivity index (χ3v) is 3.82. The number of hydrogen-bond donors (Lipinski definition) is 2. The maximum absolute atomic E-state index is 12.3. The number of benzene rings is 2. The molecule has 0 spiro atoms. The van der Waals surface area contributed by atoms with Crippen molar-refractivity contribution >= 4 is 17.5 Å². The fourth-order valence-electron chi connectivity index (χ4n) is 2.43. The summed E-state index contributed by atoms with van der Waals surface area (Å²) in [5, 5.41) is 6.65. The molecular weight excluding hydrogens is 318 g/mol. The Kier molecular flexibility index (Phi) is 4.70. The Hall–Kier alpha value is -3.28. The quantitative estimate of drug-likeness (QED) is 0.682. The number of ether oxygens (including phenoxy) is 1. The summed E-state index contributed by atoms with van der Waals surface area (Å²) in [6.07, 6.45) is -0.944. The zero-order chi connectivity index (χ0) is 17.8. The van der Waals surface area contributed by atoms with Gasteiger partial charge in [0.05, 0.1) is 0 Å². The van der Waals surface area contributed by atoms with Crippen molar-refractivity contribution in [1.29, 1.82) is 0 Å². The van der Waals surface area contributed by atoms with E-state index in [-0.39, 0.29) is 6.10 Å². The minimum absolute atomic E-state index is 0.374. The molecule has 6 heteroatoms. The smallest absolute Gasteiger partial charge is 0.412 e. The van der Waals surface area contributed by atoms with Crippen molar-refractivity contribution in [1.82, 2.24) is 5.16 Å². The topological polar surface area (TPSA) is 90.4 Å². The maximum Gasteiger partial charge on any atom is 0.412 e. The van der Waals surface area contributed by atoms with Gasteiger partial charge in [-0.15, -0.1) is 0 Å². The zero-order valence-electron chi connectivity index (χ0n) is 14.0. The van der Waals surface area contributed by atoms with E-state index in [0.717, 1.165) is 11.1 Å². The molecule has 128 valence electrons. The SMILES string of the molecule is Cc1noc(-c2ccc(N)cc2)c1NC(=O)O[C@H](C)c1ccccc1. The molecule has 0 aliphatic carbocycles. The summed E-state index contributed by atoms with van der Waals surface area (Å²) >= 11 is 0. The third kappa shape index (κ3) is 3.80. The maximum atomic E-state index is 12.3. The first-order valence-corrected chi connectivity index (χ1v) is 7.89. The Labute approximate surface area is 145 Å². The van der Waals surface area contributed by atoms with E-state index in [4.69, 9.17) is 15.0 Å². The number of nitrogens with zero attached hydrogens (tertiary/aromatic N) is 1. The Balaban J connectivity index is 1.75. The number of amides is 1. The van der Waals surface area contributed by atoms with Crippen LogP contribution in [0.5, 0.6) is 0 Å². The molecule has 3 rings (SSSR count). The van der Waals surface area contributed by atoms with E-state index in [9.17, 15) is 4.79 Å². The van der Waals surface area contributed by atoms with Gasteiger partial charge in [0.25, 0.3) is 0 Å². The van der Waals surface area contributed by atoms with Crippen LogP contribution in [0.25, 0.3) is 11.3 Å². The van der Waals surface area contributed by atoms with Gasteiger partial charge in [-0.3, -0.25) is 5.32 Å². The summed E-state index contributed by atoms with van der Waals surface area (Å²) in [7, 11) is 0. The number of aryl methyl sites for hydroxylation is 1. The third-order valence-electron chi connectivity index (χ3n) is 3.82. The normalized spacial score (nSPS) is 11.8. The molecule has 25 heavy (non-hydrogen) atoms. The molecule has 6 nitrogen and oxygen atoms in total. The molecule has 3 N–H and O–H groups in total. The minimum atomic E-state index is -0.570. The van der Waals surface area contributed by atoms with Gasteiger partial charge in [0.1, 0.15) is 17.5 Å². The first-order chi connectivity index (χ1) is 12.0. The van der Waals surface area contributed by atoms with Crippen molar-refractivity contribution in [3.05, 3.63) is 65.9 Å². The number of rotatable bonds is 4. The van der Waals surface area contributed by atoms with Gasteiger partial charge in [-0.25, -0.2) is 4.79 Å². The molecule has 0 radical (unpaired) electrons. The standard InChI is InChI=1S/C19H19N3O3/c1-12-17(18(25-22-12)15-8-10-16(20)11-9-15)21-19(23)24-13(2)14-6-4-3-5-7-14/h3-11,13H,20H2,1-2H3,(H,21,23)/t13-/m1/s1. The van der Waals surface area contributed by atoms with E-state index in [1.807, 2.05) is 37.3 Å². The summed E-state index contributed by atoms with van der Waals surface area (Å²) in [5.41, 5.74) is 9.07. The lowest BCUT2D eigenvalue weighted by molar-refractivity contribution is 0.121. The highest BCUT2D eigenvalue weighted by Gasteiger charge is 2.19. The van der Waals surface area contributed by atoms with E-state index < -0.39 is 6.09 Å². The van der Waals surface area contributed by atoms with Crippen LogP contribution in [0, 0.1) is 6.92 Å². The summed E-state index contributed by atoms with van der Waals surface area (Å²) in [6.45, 7) is 3.57. The highest BCUT2D eigenvalue weighted by atomic mass is 16.6. The second kappa shape index (κ2) is 7.09. The fraction of sp³-hybridized carbons (Fsp3) is 0.158. The number of aromatic nitrogens is 1. The lowest BCUT2D eigenvalue weighted by Crippen LogP contribution is -2.16. The number of carbonyl (C=O) groups is 1. The lowest BCUT2D eigenvalue weighted by atomic mass is 10.1. The van der Waals surface area contributed by atoms with E-state index in [0.29, 0.717) is 22.8 Å². The van der Waals surface area contributed by atoms with E-state index in [1.165, 1.54) is 0 Å². The Morgan fingerprint density at radius 1 is 1.16 bits per heavy atom. The van der Waals surface area contributed by atoms with Crippen molar-refractivity contribution in [2.24, 2.45) is 0 Å². The number of carbonyl (C=O) groups excluding carboxylic acids is 1. The molecule has 0 saturated heterocycles. The number of nitrogens with two attached hydrogens (primary N) is 1. The summed E-state index contributed by atoms with van der Waals surface area (Å²) in [6, 6.07) is 16.6. The first kappa shape index (κ1) is 16.6. The van der Waals surface area contributed by atoms with Gasteiger partial charge >= 0.3 is 6.09 Å². The molecule has 1 amide bonds. The molecule has 0 aliphatic rings. The Bertz CT molecular complexity index is 857. The average molecular weight is 337 g/mol. The Morgan fingerprint density at radius 3 is 2.52 bits per heavy atom. The molecular formula is C19H19N3O3. The van der Waals surface area contributed by atoms with E-state index in [2.05, 4.69) is 10.5 Å². The van der Waals surface area contributed by atoms with Gasteiger partial charge < -0.3 is 15.0 Å². The lowest BCUT2D eigenvalue weighted by Gasteiger charge is -2.14. The van der Waals surface area contributed by atoms with Crippen LogP contribution in [0.2, 0.25) is 0 Å². The van der Waals surface area contributed by atoms with E-state index in [1.54, 1.807) is 31.2 Å². The highest BCUT2D eigenvalue weighted by molar-refractivity contribution is 5.90. The van der Waals surface area contributed by atoms with Crippen LogP contribution >= 0.6 is 0 Å². The van der Waals surface area contributed by atoms with Gasteiger partial charge in [0.2, 0.25) is 0 Å². The van der Waals surface area contributed by atoms with Crippen LogP contribution in [0.15, 0.2) is 59.1 Å². The van der Waals surface area contributed by atoms with Crippen molar-refractivity contribution in [2.75, 3.05) is 11.1 Å². The number of nitrogen functional groups attached to an aromatic ring is 1. The van der Waals surface area contributed by atoms with Crippen LogP contribution in [0.4, 0.5) is 16.2 Å². The molecule has 1 aromatic heterocycles. The molecule has 1 atom stereocenters. The van der Waals surface area contributed by atoms with Crippen molar-refractivity contribution in [2.45, 2.75) is 20.0 Å². The molecule has 0 unspecified atom stereocenters. The molecule has 2 aromatic carbocycles. The minimum Gasteiger partial charge on any atom is -0.441 e. The average Bonchev–Trinajstić information content (AvgIpc) is 2.97. The second-order valence-corrected chi connectivity index (χ2v) is 5.68. The van der Waals surface area contributed by atoms with Crippen molar-refractivity contribution in [3.8, 4) is 11.3 Å². The molecule has 1 heterocycles. The number of nitrogens with one attached hydrogen (secondary N) is 1. The number of anilines is 2. The van der Waals surface area contributed by atoms with Crippen LogP contribution in [0.3, 0.4) is 0 Å². The summed E-state index contributed by atoms with van der Waals surface area (Å²) in [5.74, 6) is 0.460. The van der Waals surface area contributed by atoms with Crippen molar-refractivity contribution in [3.63, 3.8) is 0 Å². The molecule has 0 saturated carbocycles. The highest BCUT2D eigenvalue weighted by Crippen LogP contribution is 2.31. The Morgan fingerprint density at radius 2 is 1.84 bits per heavy atom. The number of hydrogen-bond acceptors (Lipinski definition) is 5. The van der Waals surface area contributed by atoms with Crippen LogP contribution < -0.4 is 11.1 Å². The largest absolute Gasteiger partial charge is 0.441 e. The first-order valence-electron chi connectivity index (χ1n) is 7.89. The van der Waals surface area contributed by atoms with Gasteiger partial charge in [0.15, 0.2) is 5.76 Å². The molecule has 0 aliphatic heterocycles. The molecule has 0 fully saturated rings. The zero-order valence-corrected chi connectivity index (χ0v) is 14.0. The summed E-state index contributed by atoms with van der Waals surface area (Å²) in [4.78, 5) is 12.3. The van der Waals surface area contributed by atoms with Gasteiger partial charge in [-0.05, 0) is 43.7 Å². The fourth-order valence-corrected chi connectivity index (χ4v) is 2.43. The predicted molar refractivity (Wildman–Crippen MR) is 96.0 cm³/mol. The van der Waals surface area contributed by atoms with Crippen molar-refractivity contribution < 1.29 is 14.1 Å².